The maximum atomic E-state index is 14.6. The van der Waals surface area contributed by atoms with Gasteiger partial charge in [0.1, 0.15) is 23.4 Å². The maximum absolute atomic E-state index is 14.6. The maximum Gasteiger partial charge on any atom is 0.573 e. The lowest BCUT2D eigenvalue weighted by Crippen LogP contribution is -2.40. The van der Waals surface area contributed by atoms with Crippen molar-refractivity contribution in [2.45, 2.75) is 45.4 Å². The third-order valence-corrected chi connectivity index (χ3v) is 5.77. The number of ether oxygens (including phenoxy) is 1. The van der Waals surface area contributed by atoms with Gasteiger partial charge < -0.3 is 15.4 Å². The smallest absolute Gasteiger partial charge is 0.406 e. The molecule has 1 aliphatic heterocycles. The van der Waals surface area contributed by atoms with Gasteiger partial charge in [-0.25, -0.2) is 13.5 Å². The van der Waals surface area contributed by atoms with Crippen molar-refractivity contribution in [2.75, 3.05) is 11.9 Å². The number of aromatic nitrogens is 4. The van der Waals surface area contributed by atoms with Gasteiger partial charge in [0.15, 0.2) is 5.82 Å². The molecule has 224 valence electrons. The summed E-state index contributed by atoms with van der Waals surface area (Å²) in [7, 11) is 0. The first kappa shape index (κ1) is 30.2. The molecule has 0 spiro atoms. The molecule has 12 nitrogen and oxygen atoms in total. The van der Waals surface area contributed by atoms with E-state index in [0.29, 0.717) is 6.54 Å². The number of benzene rings is 1. The number of pyridine rings is 1. The molecule has 1 aliphatic rings. The highest BCUT2D eigenvalue weighted by Gasteiger charge is 2.31. The van der Waals surface area contributed by atoms with Gasteiger partial charge in [-0.2, -0.15) is 0 Å². The minimum absolute atomic E-state index is 0.0479. The molecular formula is C25H26F5N9O3. The molecule has 42 heavy (non-hydrogen) atoms. The lowest BCUT2D eigenvalue weighted by molar-refractivity contribution is -0.274. The highest BCUT2D eigenvalue weighted by atomic mass is 19.4. The summed E-state index contributed by atoms with van der Waals surface area (Å²) in [5, 5.41) is 14.0. The topological polar surface area (TPSA) is 138 Å². The summed E-state index contributed by atoms with van der Waals surface area (Å²) in [4.78, 5) is 28.8. The molecule has 0 aliphatic carbocycles. The molecule has 0 fully saturated rings. The number of nitrogens with zero attached hydrogens (tertiary/aromatic N) is 5. The fourth-order valence-corrected chi connectivity index (χ4v) is 3.73. The average Bonchev–Trinajstić information content (AvgIpc) is 3.57. The number of carbonyl (C=O) groups excluding carboxylic acids is 2. The van der Waals surface area contributed by atoms with Crippen molar-refractivity contribution in [3.05, 3.63) is 77.3 Å². The second-order valence-corrected chi connectivity index (χ2v) is 9.20. The zero-order valence-corrected chi connectivity index (χ0v) is 22.1. The van der Waals surface area contributed by atoms with Crippen molar-refractivity contribution in [3.63, 3.8) is 0 Å². The molecule has 17 heteroatoms. The highest BCUT2D eigenvalue weighted by Crippen LogP contribution is 2.25. The highest BCUT2D eigenvalue weighted by molar-refractivity contribution is 5.93. The van der Waals surface area contributed by atoms with E-state index in [4.69, 9.17) is 0 Å². The number of rotatable bonds is 12. The lowest BCUT2D eigenvalue weighted by atomic mass is 10.1. The van der Waals surface area contributed by atoms with E-state index in [1.807, 2.05) is 19.1 Å². The largest absolute Gasteiger partial charge is 0.573 e. The lowest BCUT2D eigenvalue weighted by Gasteiger charge is -2.16. The van der Waals surface area contributed by atoms with Crippen LogP contribution in [0.1, 0.15) is 23.2 Å². The first-order valence-corrected chi connectivity index (χ1v) is 12.5. The zero-order valence-electron chi connectivity index (χ0n) is 22.1. The van der Waals surface area contributed by atoms with E-state index in [2.05, 4.69) is 41.6 Å². The number of hydrogen-bond acceptors (Lipinski definition) is 9. The zero-order chi connectivity index (χ0) is 30.3. The molecule has 3 heterocycles. The predicted octanol–water partition coefficient (Wildman–Crippen LogP) is 2.41. The average molecular weight is 596 g/mol. The Bertz CT molecular complexity index is 1430. The van der Waals surface area contributed by atoms with Crippen molar-refractivity contribution in [2.24, 2.45) is 0 Å². The first-order chi connectivity index (χ1) is 19.9. The van der Waals surface area contributed by atoms with Crippen LogP contribution in [0.2, 0.25) is 0 Å². The summed E-state index contributed by atoms with van der Waals surface area (Å²) < 4.78 is 70.7. The molecule has 2 aromatic heterocycles. The SMILES string of the molecule is Cc1ccc(CNC(=O)C2=CN(CCC(F)Cn3cc(NC(=O)Cc4cc(OC(F)(F)F)ccc4F)nn3)NN2)cn1. The van der Waals surface area contributed by atoms with Crippen LogP contribution >= 0.6 is 0 Å². The van der Waals surface area contributed by atoms with E-state index < -0.39 is 36.4 Å². The Morgan fingerprint density at radius 3 is 2.74 bits per heavy atom. The number of anilines is 1. The van der Waals surface area contributed by atoms with Gasteiger partial charge >= 0.3 is 6.36 Å². The van der Waals surface area contributed by atoms with Gasteiger partial charge in [-0.3, -0.25) is 25.0 Å². The number of alkyl halides is 4. The summed E-state index contributed by atoms with van der Waals surface area (Å²) in [6, 6.07) is 6.01. The number of nitrogens with one attached hydrogen (secondary N) is 4. The molecule has 4 N–H and O–H groups in total. The molecule has 1 unspecified atom stereocenters. The van der Waals surface area contributed by atoms with Gasteiger partial charge in [0.05, 0.1) is 19.2 Å². The molecular weight excluding hydrogens is 569 g/mol. The fraction of sp³-hybridized carbons (Fsp3) is 0.320. The van der Waals surface area contributed by atoms with Gasteiger partial charge in [0.25, 0.3) is 5.91 Å². The van der Waals surface area contributed by atoms with Gasteiger partial charge in [0.2, 0.25) is 5.91 Å². The van der Waals surface area contributed by atoms with E-state index in [1.165, 1.54) is 17.4 Å². The van der Waals surface area contributed by atoms with Gasteiger partial charge in [0, 0.05) is 36.7 Å². The van der Waals surface area contributed by atoms with Crippen LogP contribution in [0.25, 0.3) is 0 Å². The van der Waals surface area contributed by atoms with Crippen LogP contribution in [0.5, 0.6) is 5.75 Å². The third-order valence-electron chi connectivity index (χ3n) is 5.77. The molecule has 1 atom stereocenters. The first-order valence-electron chi connectivity index (χ1n) is 12.5. The summed E-state index contributed by atoms with van der Waals surface area (Å²) in [5.41, 5.74) is 7.11. The predicted molar refractivity (Wildman–Crippen MR) is 137 cm³/mol. The second-order valence-electron chi connectivity index (χ2n) is 9.20. The molecule has 0 radical (unpaired) electrons. The van der Waals surface area contributed by atoms with Crippen LogP contribution in [0.4, 0.5) is 27.8 Å². The molecule has 1 aromatic carbocycles. The van der Waals surface area contributed by atoms with Crippen LogP contribution in [0.3, 0.4) is 0 Å². The quantitative estimate of drug-likeness (QED) is 0.233. The van der Waals surface area contributed by atoms with Crippen molar-refractivity contribution in [1.29, 1.82) is 0 Å². The van der Waals surface area contributed by atoms with Gasteiger partial charge in [-0.05, 0) is 43.2 Å². The van der Waals surface area contributed by atoms with Gasteiger partial charge in [-0.15, -0.1) is 23.8 Å². The number of hydrazine groups is 2. The van der Waals surface area contributed by atoms with E-state index in [-0.39, 0.29) is 42.5 Å². The minimum Gasteiger partial charge on any atom is -0.406 e. The molecule has 2 amide bonds. The Kier molecular flexibility index (Phi) is 9.51. The Hall–Kier alpha value is -4.80. The third kappa shape index (κ3) is 9.12. The van der Waals surface area contributed by atoms with E-state index >= 15 is 0 Å². The number of halogens is 5. The number of hydrogen-bond donors (Lipinski definition) is 4. The van der Waals surface area contributed by atoms with Crippen LogP contribution in [0, 0.1) is 12.7 Å². The Balaban J connectivity index is 1.20. The molecule has 0 bridgehead atoms. The molecule has 0 saturated heterocycles. The summed E-state index contributed by atoms with van der Waals surface area (Å²) in [6.45, 7) is 2.16. The Morgan fingerprint density at radius 2 is 2.00 bits per heavy atom. The van der Waals surface area contributed by atoms with Crippen LogP contribution in [0.15, 0.2) is 54.6 Å². The van der Waals surface area contributed by atoms with Crippen molar-refractivity contribution in [1.82, 2.24) is 41.3 Å². The second kappa shape index (κ2) is 13.2. The Morgan fingerprint density at radius 1 is 1.19 bits per heavy atom. The summed E-state index contributed by atoms with van der Waals surface area (Å²) >= 11 is 0. The standard InChI is InChI=1S/C25H26F5N9O3/c1-15-2-3-16(10-31-15)11-32-24(41)21-13-38(36-34-21)7-6-18(26)12-39-14-22(35-37-39)33-23(40)9-17-8-19(4-5-20(17)27)42-25(28,29)30/h2-5,8,10,13-14,18,34,36H,6-7,9,11-12H2,1H3,(H,32,41)(H,33,40). The van der Waals surface area contributed by atoms with E-state index in [1.54, 1.807) is 6.20 Å². The normalized spacial score (nSPS) is 13.8. The summed E-state index contributed by atoms with van der Waals surface area (Å²) in [5.74, 6) is -2.76. The van der Waals surface area contributed by atoms with Crippen molar-refractivity contribution >= 4 is 17.6 Å². The fourth-order valence-electron chi connectivity index (χ4n) is 3.73. The number of carbonyl (C=O) groups is 2. The molecule has 3 aromatic rings. The van der Waals surface area contributed by atoms with E-state index in [0.717, 1.165) is 34.1 Å². The monoisotopic (exact) mass is 595 g/mol. The van der Waals surface area contributed by atoms with Gasteiger partial charge in [-0.1, -0.05) is 11.3 Å². The Labute approximate surface area is 235 Å². The molecule has 0 saturated carbocycles. The van der Waals surface area contributed by atoms with Crippen LogP contribution < -0.4 is 26.3 Å². The molecule has 4 rings (SSSR count). The van der Waals surface area contributed by atoms with Crippen LogP contribution in [-0.4, -0.2) is 55.9 Å². The van der Waals surface area contributed by atoms with Crippen molar-refractivity contribution in [3.8, 4) is 5.75 Å². The minimum atomic E-state index is -4.97. The number of aryl methyl sites for hydroxylation is 1. The van der Waals surface area contributed by atoms with Crippen LogP contribution in [-0.2, 0) is 29.1 Å². The summed E-state index contributed by atoms with van der Waals surface area (Å²) in [6.07, 6.45) is -2.46. The number of amides is 2. The van der Waals surface area contributed by atoms with E-state index in [9.17, 15) is 31.5 Å². The van der Waals surface area contributed by atoms with Crippen molar-refractivity contribution < 1.29 is 36.3 Å².